The molecular formula is C18H24N2O3S2. The molecule has 25 heavy (non-hydrogen) atoms. The Hall–Kier alpha value is -1.70. The Morgan fingerprint density at radius 2 is 1.84 bits per heavy atom. The maximum absolute atomic E-state index is 12.3. The van der Waals surface area contributed by atoms with Crippen LogP contribution >= 0.6 is 11.3 Å². The van der Waals surface area contributed by atoms with E-state index in [-0.39, 0.29) is 12.3 Å². The number of carbonyl (C=O) groups excluding carboxylic acids is 1. The van der Waals surface area contributed by atoms with Crippen LogP contribution in [0.4, 0.5) is 5.69 Å². The molecule has 0 radical (unpaired) electrons. The third-order valence-corrected chi connectivity index (χ3v) is 7.21. The Morgan fingerprint density at radius 3 is 2.40 bits per heavy atom. The van der Waals surface area contributed by atoms with Crippen LogP contribution in [0.15, 0.2) is 33.9 Å². The van der Waals surface area contributed by atoms with Crippen LogP contribution in [0.2, 0.25) is 0 Å². The van der Waals surface area contributed by atoms with Crippen molar-refractivity contribution in [2.24, 2.45) is 0 Å². The number of anilines is 1. The van der Waals surface area contributed by atoms with E-state index in [1.54, 1.807) is 24.6 Å². The van der Waals surface area contributed by atoms with Crippen LogP contribution in [-0.2, 0) is 14.8 Å². The van der Waals surface area contributed by atoms with Gasteiger partial charge in [-0.25, -0.2) is 12.7 Å². The van der Waals surface area contributed by atoms with E-state index in [2.05, 4.69) is 5.32 Å². The third-order valence-electron chi connectivity index (χ3n) is 3.98. The van der Waals surface area contributed by atoms with Gasteiger partial charge in [-0.2, -0.15) is 0 Å². The molecule has 0 atom stereocenters. The highest BCUT2D eigenvalue weighted by molar-refractivity contribution is 7.91. The smallest absolute Gasteiger partial charge is 0.252 e. The molecule has 7 heteroatoms. The minimum Gasteiger partial charge on any atom is -0.326 e. The molecule has 5 nitrogen and oxygen atoms in total. The van der Waals surface area contributed by atoms with Crippen molar-refractivity contribution in [2.45, 2.75) is 37.8 Å². The first-order valence-electron chi connectivity index (χ1n) is 8.09. The lowest BCUT2D eigenvalue weighted by Gasteiger charge is -2.16. The van der Waals surface area contributed by atoms with Crippen molar-refractivity contribution in [2.75, 3.05) is 18.9 Å². The van der Waals surface area contributed by atoms with E-state index in [0.29, 0.717) is 17.2 Å². The molecule has 0 saturated heterocycles. The van der Waals surface area contributed by atoms with Gasteiger partial charge >= 0.3 is 0 Å². The topological polar surface area (TPSA) is 66.5 Å². The Labute approximate surface area is 153 Å². The van der Waals surface area contributed by atoms with Crippen molar-refractivity contribution in [1.29, 1.82) is 0 Å². The lowest BCUT2D eigenvalue weighted by atomic mass is 10.0. The van der Waals surface area contributed by atoms with Gasteiger partial charge in [0.15, 0.2) is 0 Å². The first-order chi connectivity index (χ1) is 11.7. The lowest BCUT2D eigenvalue weighted by molar-refractivity contribution is -0.116. The van der Waals surface area contributed by atoms with Crippen LogP contribution in [-0.4, -0.2) is 32.2 Å². The van der Waals surface area contributed by atoms with Gasteiger partial charge in [-0.3, -0.25) is 4.79 Å². The van der Waals surface area contributed by atoms with E-state index in [1.807, 2.05) is 32.9 Å². The molecule has 0 aliphatic carbocycles. The molecule has 0 aliphatic heterocycles. The fourth-order valence-electron chi connectivity index (χ4n) is 2.73. The minimum atomic E-state index is -3.45. The maximum atomic E-state index is 12.3. The predicted octanol–water partition coefficient (Wildman–Crippen LogP) is 3.71. The van der Waals surface area contributed by atoms with Gasteiger partial charge in [0, 0.05) is 25.7 Å². The van der Waals surface area contributed by atoms with Crippen LogP contribution in [0.1, 0.15) is 29.5 Å². The summed E-state index contributed by atoms with van der Waals surface area (Å²) < 4.78 is 26.3. The highest BCUT2D eigenvalue weighted by Gasteiger charge is 2.21. The summed E-state index contributed by atoms with van der Waals surface area (Å²) in [7, 11) is -1.91. The average molecular weight is 381 g/mol. The molecule has 0 unspecified atom stereocenters. The average Bonchev–Trinajstić information content (AvgIpc) is 3.05. The van der Waals surface area contributed by atoms with Crippen molar-refractivity contribution in [1.82, 2.24) is 4.31 Å². The fraction of sp³-hybridized carbons (Fsp3) is 0.389. The Kier molecular flexibility index (Phi) is 6.37. The number of rotatable bonds is 7. The second-order valence-corrected chi connectivity index (χ2v) is 9.40. The summed E-state index contributed by atoms with van der Waals surface area (Å²) in [5, 5.41) is 4.68. The van der Waals surface area contributed by atoms with Crippen molar-refractivity contribution in [3.63, 3.8) is 0 Å². The molecule has 0 aliphatic rings. The zero-order valence-corrected chi connectivity index (χ0v) is 16.6. The van der Waals surface area contributed by atoms with Crippen molar-refractivity contribution in [3.05, 3.63) is 46.3 Å². The number of aryl methyl sites for hydroxylation is 3. The number of benzene rings is 1. The Balaban J connectivity index is 1.89. The van der Waals surface area contributed by atoms with Crippen LogP contribution in [0, 0.1) is 20.8 Å². The van der Waals surface area contributed by atoms with Gasteiger partial charge in [-0.15, -0.1) is 11.3 Å². The van der Waals surface area contributed by atoms with E-state index in [0.717, 1.165) is 22.4 Å². The molecule has 0 spiro atoms. The number of sulfonamides is 1. The van der Waals surface area contributed by atoms with Crippen LogP contribution in [0.25, 0.3) is 0 Å². The minimum absolute atomic E-state index is 0.100. The summed E-state index contributed by atoms with van der Waals surface area (Å²) in [6.07, 6.45) is 0.744. The normalized spacial score (nSPS) is 11.7. The molecule has 136 valence electrons. The number of thiophene rings is 1. The van der Waals surface area contributed by atoms with E-state index in [9.17, 15) is 13.2 Å². The Morgan fingerprint density at radius 1 is 1.20 bits per heavy atom. The van der Waals surface area contributed by atoms with Crippen molar-refractivity contribution < 1.29 is 13.2 Å². The molecule has 2 rings (SSSR count). The largest absolute Gasteiger partial charge is 0.326 e. The predicted molar refractivity (Wildman–Crippen MR) is 103 cm³/mol. The summed E-state index contributed by atoms with van der Waals surface area (Å²) in [5.74, 6) is -0.100. The van der Waals surface area contributed by atoms with Gasteiger partial charge in [0.1, 0.15) is 4.21 Å². The monoisotopic (exact) mass is 380 g/mol. The summed E-state index contributed by atoms with van der Waals surface area (Å²) >= 11 is 1.20. The fourth-order valence-corrected chi connectivity index (χ4v) is 5.14. The highest BCUT2D eigenvalue weighted by atomic mass is 32.2. The highest BCUT2D eigenvalue weighted by Crippen LogP contribution is 2.23. The van der Waals surface area contributed by atoms with Crippen molar-refractivity contribution >= 4 is 33.0 Å². The number of hydrogen-bond donors (Lipinski definition) is 1. The molecule has 1 aromatic heterocycles. The van der Waals surface area contributed by atoms with Gasteiger partial charge in [-0.05, 0) is 49.8 Å². The Bertz CT molecular complexity index is 820. The maximum Gasteiger partial charge on any atom is 0.252 e. The summed E-state index contributed by atoms with van der Waals surface area (Å²) in [6.45, 7) is 6.27. The van der Waals surface area contributed by atoms with Crippen LogP contribution < -0.4 is 5.32 Å². The standard InChI is InChI=1S/C18H24N2O3S2/c1-13-11-14(2)18(15(3)12-13)19-16(21)7-5-9-20(4)25(22,23)17-8-6-10-24-17/h6,8,10-12H,5,7,9H2,1-4H3,(H,19,21). The quantitative estimate of drug-likeness (QED) is 0.796. The van der Waals surface area contributed by atoms with Gasteiger partial charge in [0.2, 0.25) is 5.91 Å². The van der Waals surface area contributed by atoms with E-state index >= 15 is 0 Å². The van der Waals surface area contributed by atoms with Gasteiger partial charge < -0.3 is 5.32 Å². The van der Waals surface area contributed by atoms with Gasteiger partial charge in [0.05, 0.1) is 0 Å². The SMILES string of the molecule is Cc1cc(C)c(NC(=O)CCCN(C)S(=O)(=O)c2cccs2)c(C)c1. The van der Waals surface area contributed by atoms with Crippen LogP contribution in [0.3, 0.4) is 0 Å². The summed E-state index contributed by atoms with van der Waals surface area (Å²) in [4.78, 5) is 12.2. The second-order valence-electron chi connectivity index (χ2n) is 6.18. The summed E-state index contributed by atoms with van der Waals surface area (Å²) in [5.41, 5.74) is 4.06. The first kappa shape index (κ1) is 19.6. The third kappa shape index (κ3) is 4.90. The molecule has 0 saturated carbocycles. The second kappa shape index (κ2) is 8.12. The summed E-state index contributed by atoms with van der Waals surface area (Å²) in [6, 6.07) is 7.37. The number of hydrogen-bond acceptors (Lipinski definition) is 4. The zero-order chi connectivity index (χ0) is 18.6. The van der Waals surface area contributed by atoms with Crippen molar-refractivity contribution in [3.8, 4) is 0 Å². The molecular weight excluding hydrogens is 356 g/mol. The molecule has 1 N–H and O–H groups in total. The molecule has 1 heterocycles. The van der Waals surface area contributed by atoms with Crippen LogP contribution in [0.5, 0.6) is 0 Å². The molecule has 1 amide bonds. The molecule has 1 aromatic carbocycles. The van der Waals surface area contributed by atoms with E-state index in [4.69, 9.17) is 0 Å². The zero-order valence-electron chi connectivity index (χ0n) is 15.0. The van der Waals surface area contributed by atoms with Gasteiger partial charge in [-0.1, -0.05) is 23.8 Å². The molecule has 0 bridgehead atoms. The number of carbonyl (C=O) groups is 1. The van der Waals surface area contributed by atoms with E-state index in [1.165, 1.54) is 15.6 Å². The molecule has 0 fully saturated rings. The number of nitrogens with one attached hydrogen (secondary N) is 1. The number of amides is 1. The molecule has 2 aromatic rings. The van der Waals surface area contributed by atoms with Gasteiger partial charge in [0.25, 0.3) is 10.0 Å². The van der Waals surface area contributed by atoms with E-state index < -0.39 is 10.0 Å². The lowest BCUT2D eigenvalue weighted by Crippen LogP contribution is -2.28. The first-order valence-corrected chi connectivity index (χ1v) is 10.4. The number of nitrogens with zero attached hydrogens (tertiary/aromatic N) is 1.